The van der Waals surface area contributed by atoms with Crippen LogP contribution in [-0.4, -0.2) is 25.0 Å². The lowest BCUT2D eigenvalue weighted by atomic mass is 10.2. The number of nitrogens with one attached hydrogen (secondary N) is 2. The van der Waals surface area contributed by atoms with Crippen molar-refractivity contribution >= 4 is 35.3 Å². The zero-order valence-electron chi connectivity index (χ0n) is 19.3. The summed E-state index contributed by atoms with van der Waals surface area (Å²) in [5.41, 5.74) is 3.05. The molecule has 3 aromatic rings. The quantitative estimate of drug-likeness (QED) is 0.379. The highest BCUT2D eigenvalue weighted by Crippen LogP contribution is 2.16. The largest absolute Gasteiger partial charge is 0.494 e. The number of hydrogen-bond donors (Lipinski definition) is 2. The van der Waals surface area contributed by atoms with Crippen molar-refractivity contribution in [3.05, 3.63) is 96.1 Å². The molecular formula is C28H28N2O4. The highest BCUT2D eigenvalue weighted by Gasteiger charge is 2.01. The van der Waals surface area contributed by atoms with Gasteiger partial charge in [-0.05, 0) is 85.7 Å². The first kappa shape index (κ1) is 24.3. The zero-order valence-corrected chi connectivity index (χ0v) is 19.3. The number of ether oxygens (including phenoxy) is 2. The highest BCUT2D eigenvalue weighted by atomic mass is 16.5. The maximum atomic E-state index is 12.2. The maximum absolute atomic E-state index is 12.2. The van der Waals surface area contributed by atoms with E-state index in [-0.39, 0.29) is 11.8 Å². The van der Waals surface area contributed by atoms with Gasteiger partial charge in [-0.25, -0.2) is 0 Å². The van der Waals surface area contributed by atoms with Gasteiger partial charge in [0.2, 0.25) is 11.8 Å². The van der Waals surface area contributed by atoms with Crippen molar-refractivity contribution in [2.45, 2.75) is 13.8 Å². The Kier molecular flexibility index (Phi) is 9.05. The second-order valence-corrected chi connectivity index (χ2v) is 7.23. The predicted octanol–water partition coefficient (Wildman–Crippen LogP) is 5.79. The van der Waals surface area contributed by atoms with Gasteiger partial charge in [-0.15, -0.1) is 0 Å². The van der Waals surface area contributed by atoms with Crippen molar-refractivity contribution in [3.8, 4) is 11.5 Å². The summed E-state index contributed by atoms with van der Waals surface area (Å²) in [7, 11) is 0. The van der Waals surface area contributed by atoms with Crippen LogP contribution in [0.25, 0.3) is 12.2 Å². The smallest absolute Gasteiger partial charge is 0.248 e. The van der Waals surface area contributed by atoms with E-state index >= 15 is 0 Å². The van der Waals surface area contributed by atoms with E-state index in [1.54, 1.807) is 36.4 Å². The van der Waals surface area contributed by atoms with Crippen LogP contribution in [0.2, 0.25) is 0 Å². The Bertz CT molecular complexity index is 1040. The van der Waals surface area contributed by atoms with Gasteiger partial charge in [0.15, 0.2) is 0 Å². The SMILES string of the molecule is CCOc1ccc(/C=C/C(=O)Nc2ccc(NC(=O)/C=C/c3ccc(OCC)cc3)cc2)cc1. The molecule has 2 N–H and O–H groups in total. The molecule has 0 aliphatic heterocycles. The number of rotatable bonds is 10. The van der Waals surface area contributed by atoms with E-state index in [2.05, 4.69) is 10.6 Å². The van der Waals surface area contributed by atoms with Gasteiger partial charge >= 0.3 is 0 Å². The van der Waals surface area contributed by atoms with Crippen LogP contribution >= 0.6 is 0 Å². The van der Waals surface area contributed by atoms with Crippen LogP contribution in [0.4, 0.5) is 11.4 Å². The molecule has 0 aliphatic rings. The molecular weight excluding hydrogens is 428 g/mol. The van der Waals surface area contributed by atoms with Gasteiger partial charge in [0, 0.05) is 23.5 Å². The van der Waals surface area contributed by atoms with Crippen molar-refractivity contribution in [3.63, 3.8) is 0 Å². The standard InChI is InChI=1S/C28H28N2O4/c1-3-33-25-15-5-21(6-16-25)9-19-27(31)29-23-11-13-24(14-12-23)30-28(32)20-10-22-7-17-26(18-8-22)34-4-2/h5-20H,3-4H2,1-2H3,(H,29,31)(H,30,32)/b19-9+,20-10+. The lowest BCUT2D eigenvalue weighted by molar-refractivity contribution is -0.112. The molecule has 0 atom stereocenters. The van der Waals surface area contributed by atoms with Gasteiger partial charge in [0.1, 0.15) is 11.5 Å². The van der Waals surface area contributed by atoms with Crippen LogP contribution < -0.4 is 20.1 Å². The molecule has 34 heavy (non-hydrogen) atoms. The highest BCUT2D eigenvalue weighted by molar-refractivity contribution is 6.03. The molecule has 0 fully saturated rings. The first-order chi connectivity index (χ1) is 16.6. The monoisotopic (exact) mass is 456 g/mol. The summed E-state index contributed by atoms with van der Waals surface area (Å²) >= 11 is 0. The average Bonchev–Trinajstić information content (AvgIpc) is 2.85. The van der Waals surface area contributed by atoms with Gasteiger partial charge in [-0.3, -0.25) is 9.59 Å². The first-order valence-corrected chi connectivity index (χ1v) is 11.1. The van der Waals surface area contributed by atoms with Gasteiger partial charge in [0.05, 0.1) is 13.2 Å². The Hall–Kier alpha value is -4.32. The molecule has 0 unspecified atom stereocenters. The van der Waals surface area contributed by atoms with Crippen LogP contribution in [-0.2, 0) is 9.59 Å². The molecule has 3 rings (SSSR count). The fourth-order valence-electron chi connectivity index (χ4n) is 3.03. The number of hydrogen-bond acceptors (Lipinski definition) is 4. The number of amides is 2. The van der Waals surface area contributed by atoms with Crippen molar-refractivity contribution in [2.75, 3.05) is 23.8 Å². The summed E-state index contributed by atoms with van der Waals surface area (Å²) in [5, 5.41) is 5.59. The van der Waals surface area contributed by atoms with Gasteiger partial charge in [-0.1, -0.05) is 24.3 Å². The average molecular weight is 457 g/mol. The summed E-state index contributed by atoms with van der Waals surface area (Å²) in [5.74, 6) is 1.10. The molecule has 0 heterocycles. The second-order valence-electron chi connectivity index (χ2n) is 7.23. The number of carbonyl (C=O) groups is 2. The fraction of sp³-hybridized carbons (Fsp3) is 0.143. The van der Waals surface area contributed by atoms with Gasteiger partial charge in [0.25, 0.3) is 0 Å². The lowest BCUT2D eigenvalue weighted by Crippen LogP contribution is -2.09. The summed E-state index contributed by atoms with van der Waals surface area (Å²) < 4.78 is 10.8. The summed E-state index contributed by atoms with van der Waals surface area (Å²) in [6.07, 6.45) is 6.40. The van der Waals surface area contributed by atoms with E-state index in [4.69, 9.17) is 9.47 Å². The zero-order chi connectivity index (χ0) is 24.2. The Balaban J connectivity index is 1.48. The third-order valence-electron chi connectivity index (χ3n) is 4.66. The molecule has 0 saturated heterocycles. The van der Waals surface area contributed by atoms with Crippen LogP contribution in [0.1, 0.15) is 25.0 Å². The molecule has 2 amide bonds. The molecule has 0 bridgehead atoms. The summed E-state index contributed by atoms with van der Waals surface area (Å²) in [6, 6.07) is 21.9. The maximum Gasteiger partial charge on any atom is 0.248 e. The third-order valence-corrected chi connectivity index (χ3v) is 4.66. The number of benzene rings is 3. The van der Waals surface area contributed by atoms with E-state index in [0.717, 1.165) is 22.6 Å². The minimum atomic E-state index is -0.246. The topological polar surface area (TPSA) is 76.7 Å². The van der Waals surface area contributed by atoms with Crippen molar-refractivity contribution in [1.29, 1.82) is 0 Å². The van der Waals surface area contributed by atoms with Crippen molar-refractivity contribution in [2.24, 2.45) is 0 Å². The Morgan fingerprint density at radius 2 is 0.971 bits per heavy atom. The summed E-state index contributed by atoms with van der Waals surface area (Å²) in [4.78, 5) is 24.4. The molecule has 0 saturated carbocycles. The Morgan fingerprint density at radius 1 is 0.618 bits per heavy atom. The lowest BCUT2D eigenvalue weighted by Gasteiger charge is -2.06. The predicted molar refractivity (Wildman–Crippen MR) is 137 cm³/mol. The van der Waals surface area contributed by atoms with Crippen LogP contribution in [0.15, 0.2) is 84.9 Å². The molecule has 0 aromatic heterocycles. The third kappa shape index (κ3) is 7.98. The fourth-order valence-corrected chi connectivity index (χ4v) is 3.03. The van der Waals surface area contributed by atoms with E-state index in [1.807, 2.05) is 62.4 Å². The Morgan fingerprint density at radius 3 is 1.29 bits per heavy atom. The van der Waals surface area contributed by atoms with Gasteiger partial charge in [-0.2, -0.15) is 0 Å². The Labute approximate surface area is 199 Å². The molecule has 3 aromatic carbocycles. The van der Waals surface area contributed by atoms with Crippen molar-refractivity contribution in [1.82, 2.24) is 0 Å². The first-order valence-electron chi connectivity index (χ1n) is 11.1. The van der Waals surface area contributed by atoms with Crippen LogP contribution in [0, 0.1) is 0 Å². The molecule has 0 spiro atoms. The molecule has 0 aliphatic carbocycles. The second kappa shape index (κ2) is 12.6. The number of anilines is 2. The summed E-state index contributed by atoms with van der Waals surface area (Å²) in [6.45, 7) is 5.09. The molecule has 6 heteroatoms. The molecule has 0 radical (unpaired) electrons. The van der Waals surface area contributed by atoms with Crippen LogP contribution in [0.3, 0.4) is 0 Å². The van der Waals surface area contributed by atoms with E-state index in [1.165, 1.54) is 12.2 Å². The van der Waals surface area contributed by atoms with E-state index in [0.29, 0.717) is 24.6 Å². The number of carbonyl (C=O) groups excluding carboxylic acids is 2. The molecule has 174 valence electrons. The van der Waals surface area contributed by atoms with Crippen molar-refractivity contribution < 1.29 is 19.1 Å². The minimum absolute atomic E-state index is 0.246. The minimum Gasteiger partial charge on any atom is -0.494 e. The molecule has 6 nitrogen and oxygen atoms in total. The van der Waals surface area contributed by atoms with E-state index in [9.17, 15) is 9.59 Å². The van der Waals surface area contributed by atoms with Gasteiger partial charge < -0.3 is 20.1 Å². The van der Waals surface area contributed by atoms with E-state index < -0.39 is 0 Å². The van der Waals surface area contributed by atoms with Crippen LogP contribution in [0.5, 0.6) is 11.5 Å². The normalized spacial score (nSPS) is 10.9.